The highest BCUT2D eigenvalue weighted by molar-refractivity contribution is 5.94. The summed E-state index contributed by atoms with van der Waals surface area (Å²) in [7, 11) is 1.99. The lowest BCUT2D eigenvalue weighted by Gasteiger charge is -2.30. The van der Waals surface area contributed by atoms with Gasteiger partial charge in [0.25, 0.3) is 5.91 Å². The molecule has 6 heteroatoms. The van der Waals surface area contributed by atoms with E-state index in [2.05, 4.69) is 91.0 Å². The highest BCUT2D eigenvalue weighted by Crippen LogP contribution is 2.38. The van der Waals surface area contributed by atoms with Crippen LogP contribution in [0.4, 0.5) is 0 Å². The number of nitrogens with zero attached hydrogens (tertiary/aromatic N) is 3. The summed E-state index contributed by atoms with van der Waals surface area (Å²) in [6.45, 7) is 19.0. The molecule has 1 amide bonds. The number of ether oxygens (including phenoxy) is 1. The van der Waals surface area contributed by atoms with Crippen molar-refractivity contribution in [3.05, 3.63) is 88.7 Å². The van der Waals surface area contributed by atoms with Gasteiger partial charge in [0.15, 0.2) is 0 Å². The van der Waals surface area contributed by atoms with Gasteiger partial charge in [0, 0.05) is 25.4 Å². The van der Waals surface area contributed by atoms with Gasteiger partial charge >= 0.3 is 0 Å². The van der Waals surface area contributed by atoms with E-state index in [1.807, 2.05) is 42.1 Å². The third kappa shape index (κ3) is 7.23. The maximum absolute atomic E-state index is 13.5. The van der Waals surface area contributed by atoms with Gasteiger partial charge in [-0.2, -0.15) is 5.10 Å². The Bertz CT molecular complexity index is 1560. The Balaban J connectivity index is 1.41. The predicted octanol–water partition coefficient (Wildman–Crippen LogP) is 8.46. The minimum absolute atomic E-state index is 0.0279. The van der Waals surface area contributed by atoms with Gasteiger partial charge < -0.3 is 14.6 Å². The minimum Gasteiger partial charge on any atom is -0.493 e. The average Bonchev–Trinajstić information content (AvgIpc) is 3.61. The summed E-state index contributed by atoms with van der Waals surface area (Å²) in [6.07, 6.45) is 5.78. The molecule has 0 saturated heterocycles. The van der Waals surface area contributed by atoms with E-state index >= 15 is 0 Å². The SMILES string of the molecule is CCC(C)(C)c1ccc(OCCCCNC(=O)c2cc(-c3cccn3C)nn2-c2ccc(C)cc2C)c(C(C)(C)CC)c1. The number of benzene rings is 2. The number of hydrogen-bond donors (Lipinski definition) is 1. The van der Waals surface area contributed by atoms with Crippen LogP contribution in [0.5, 0.6) is 5.75 Å². The fraction of sp³-hybridized carbons (Fsp3) is 0.459. The molecule has 0 fully saturated rings. The van der Waals surface area contributed by atoms with Crippen molar-refractivity contribution in [3.8, 4) is 22.8 Å². The standard InChI is InChI=1S/C37H50N4O2/c1-10-36(5,6)28-17-19-34(29(24-28)37(7,8)11-2)43-22-13-12-20-38-35(42)33-25-30(32-15-14-21-40(32)9)39-41(33)31-18-16-26(3)23-27(31)4/h14-19,21,23-25H,10-13,20,22H2,1-9H3,(H,38,42). The molecule has 0 radical (unpaired) electrons. The summed E-state index contributed by atoms with van der Waals surface area (Å²) in [5, 5.41) is 7.99. The topological polar surface area (TPSA) is 61.1 Å². The molecule has 6 nitrogen and oxygen atoms in total. The molecule has 43 heavy (non-hydrogen) atoms. The van der Waals surface area contributed by atoms with Crippen LogP contribution in [-0.4, -0.2) is 33.4 Å². The summed E-state index contributed by atoms with van der Waals surface area (Å²) in [5.41, 5.74) is 8.21. The fourth-order valence-corrected chi connectivity index (χ4v) is 5.32. The number of nitrogens with one attached hydrogen (secondary N) is 1. The van der Waals surface area contributed by atoms with Crippen LogP contribution in [0.3, 0.4) is 0 Å². The molecule has 4 aromatic rings. The van der Waals surface area contributed by atoms with Gasteiger partial charge in [-0.15, -0.1) is 0 Å². The molecule has 4 rings (SSSR count). The lowest BCUT2D eigenvalue weighted by Crippen LogP contribution is -2.27. The Labute approximate surface area is 258 Å². The second kappa shape index (κ2) is 13.2. The van der Waals surface area contributed by atoms with Gasteiger partial charge in [0.05, 0.1) is 18.0 Å². The summed E-state index contributed by atoms with van der Waals surface area (Å²) in [4.78, 5) is 13.5. The van der Waals surface area contributed by atoms with Crippen LogP contribution < -0.4 is 10.1 Å². The number of hydrogen-bond acceptors (Lipinski definition) is 3. The zero-order valence-electron chi connectivity index (χ0n) is 27.7. The predicted molar refractivity (Wildman–Crippen MR) is 178 cm³/mol. The molecule has 0 bridgehead atoms. The van der Waals surface area contributed by atoms with Crippen LogP contribution in [0.2, 0.25) is 0 Å². The van der Waals surface area contributed by atoms with Crippen molar-refractivity contribution in [3.63, 3.8) is 0 Å². The van der Waals surface area contributed by atoms with Crippen LogP contribution in [0, 0.1) is 13.8 Å². The molecular weight excluding hydrogens is 532 g/mol. The molecule has 2 aromatic heterocycles. The highest BCUT2D eigenvalue weighted by Gasteiger charge is 2.26. The van der Waals surface area contributed by atoms with E-state index in [1.165, 1.54) is 16.7 Å². The maximum atomic E-state index is 13.5. The fourth-order valence-electron chi connectivity index (χ4n) is 5.32. The van der Waals surface area contributed by atoms with E-state index in [1.54, 1.807) is 4.68 Å². The first-order chi connectivity index (χ1) is 20.4. The molecule has 0 saturated carbocycles. The number of aryl methyl sites for hydroxylation is 3. The second-order valence-corrected chi connectivity index (χ2v) is 13.1. The zero-order chi connectivity index (χ0) is 31.4. The van der Waals surface area contributed by atoms with Gasteiger partial charge in [0.2, 0.25) is 0 Å². The van der Waals surface area contributed by atoms with Crippen LogP contribution in [0.25, 0.3) is 17.1 Å². The summed E-state index contributed by atoms with van der Waals surface area (Å²) in [5.74, 6) is 0.840. The number of carbonyl (C=O) groups is 1. The van der Waals surface area contributed by atoms with Crippen molar-refractivity contribution >= 4 is 5.91 Å². The molecular formula is C37H50N4O2. The van der Waals surface area contributed by atoms with Gasteiger partial charge in [-0.1, -0.05) is 71.4 Å². The van der Waals surface area contributed by atoms with E-state index in [4.69, 9.17) is 9.84 Å². The molecule has 0 aliphatic carbocycles. The summed E-state index contributed by atoms with van der Waals surface area (Å²) in [6, 6.07) is 18.8. The van der Waals surface area contributed by atoms with Crippen LogP contribution in [0.15, 0.2) is 60.8 Å². The average molecular weight is 583 g/mol. The molecule has 0 aliphatic heterocycles. The van der Waals surface area contributed by atoms with E-state index in [0.29, 0.717) is 18.8 Å². The Hall–Kier alpha value is -3.80. The van der Waals surface area contributed by atoms with Crippen LogP contribution >= 0.6 is 0 Å². The van der Waals surface area contributed by atoms with Gasteiger partial charge in [0.1, 0.15) is 17.1 Å². The number of amides is 1. The molecule has 2 heterocycles. The summed E-state index contributed by atoms with van der Waals surface area (Å²) >= 11 is 0. The lowest BCUT2D eigenvalue weighted by molar-refractivity contribution is 0.0944. The normalized spacial score (nSPS) is 12.0. The Kier molecular flexibility index (Phi) is 9.89. The number of unbranched alkanes of at least 4 members (excludes halogenated alkanes) is 1. The van der Waals surface area contributed by atoms with E-state index in [9.17, 15) is 4.79 Å². The van der Waals surface area contributed by atoms with Gasteiger partial charge in [-0.3, -0.25) is 4.79 Å². The smallest absolute Gasteiger partial charge is 0.270 e. The molecule has 2 aromatic carbocycles. The van der Waals surface area contributed by atoms with Crippen molar-refractivity contribution in [2.45, 2.75) is 91.9 Å². The Morgan fingerprint density at radius 2 is 1.67 bits per heavy atom. The van der Waals surface area contributed by atoms with Crippen molar-refractivity contribution in [1.29, 1.82) is 0 Å². The quantitative estimate of drug-likeness (QED) is 0.161. The van der Waals surface area contributed by atoms with E-state index in [0.717, 1.165) is 54.1 Å². The third-order valence-corrected chi connectivity index (χ3v) is 9.10. The Morgan fingerprint density at radius 3 is 2.33 bits per heavy atom. The minimum atomic E-state index is -0.130. The van der Waals surface area contributed by atoms with Gasteiger partial charge in [-0.25, -0.2) is 4.68 Å². The molecule has 0 unspecified atom stereocenters. The van der Waals surface area contributed by atoms with Crippen molar-refractivity contribution in [2.24, 2.45) is 7.05 Å². The highest BCUT2D eigenvalue weighted by atomic mass is 16.5. The van der Waals surface area contributed by atoms with E-state index in [-0.39, 0.29) is 16.7 Å². The lowest BCUT2D eigenvalue weighted by atomic mass is 9.76. The van der Waals surface area contributed by atoms with Gasteiger partial charge in [-0.05, 0) is 91.8 Å². The number of carbonyl (C=O) groups excluding carboxylic acids is 1. The van der Waals surface area contributed by atoms with Crippen molar-refractivity contribution in [2.75, 3.05) is 13.2 Å². The number of rotatable bonds is 13. The zero-order valence-corrected chi connectivity index (χ0v) is 27.7. The van der Waals surface area contributed by atoms with Crippen molar-refractivity contribution < 1.29 is 9.53 Å². The molecule has 0 spiro atoms. The van der Waals surface area contributed by atoms with Crippen LogP contribution in [0.1, 0.15) is 100.0 Å². The molecule has 230 valence electrons. The first-order valence-corrected chi connectivity index (χ1v) is 15.7. The molecule has 0 atom stereocenters. The molecule has 0 aliphatic rings. The molecule has 1 N–H and O–H groups in total. The van der Waals surface area contributed by atoms with Crippen molar-refractivity contribution in [1.82, 2.24) is 19.7 Å². The largest absolute Gasteiger partial charge is 0.493 e. The number of aromatic nitrogens is 3. The third-order valence-electron chi connectivity index (χ3n) is 9.10. The second-order valence-electron chi connectivity index (χ2n) is 13.1. The van der Waals surface area contributed by atoms with E-state index < -0.39 is 0 Å². The maximum Gasteiger partial charge on any atom is 0.270 e. The summed E-state index contributed by atoms with van der Waals surface area (Å²) < 4.78 is 10.1. The Morgan fingerprint density at radius 1 is 0.930 bits per heavy atom. The monoisotopic (exact) mass is 582 g/mol. The first kappa shape index (κ1) is 32.1. The van der Waals surface area contributed by atoms with Crippen LogP contribution in [-0.2, 0) is 17.9 Å². The first-order valence-electron chi connectivity index (χ1n) is 15.7.